The number of imide groups is 1. The Morgan fingerprint density at radius 1 is 1.12 bits per heavy atom. The highest BCUT2D eigenvalue weighted by Gasteiger charge is 2.49. The van der Waals surface area contributed by atoms with Gasteiger partial charge in [0.1, 0.15) is 4.88 Å². The lowest BCUT2D eigenvalue weighted by Gasteiger charge is -2.19. The molecule has 2 amide bonds. The van der Waals surface area contributed by atoms with Crippen LogP contribution in [0.25, 0.3) is 0 Å². The highest BCUT2D eigenvalue weighted by molar-refractivity contribution is 7.12. The average molecular weight is 390 g/mol. The lowest BCUT2D eigenvalue weighted by Crippen LogP contribution is -2.31. The first kappa shape index (κ1) is 17.2. The summed E-state index contributed by atoms with van der Waals surface area (Å²) in [4.78, 5) is 39.6. The number of fused-ring (bicyclic) bond motifs is 1. The van der Waals surface area contributed by atoms with E-state index in [0.717, 1.165) is 30.6 Å². The zero-order chi connectivity index (χ0) is 18.3. The molecule has 2 atom stereocenters. The number of hydrogen-bond donors (Lipinski definition) is 0. The van der Waals surface area contributed by atoms with Crippen LogP contribution in [-0.4, -0.2) is 17.8 Å². The molecule has 4 rings (SSSR count). The van der Waals surface area contributed by atoms with Gasteiger partial charge in [-0.1, -0.05) is 30.5 Å². The Labute approximate surface area is 159 Å². The van der Waals surface area contributed by atoms with E-state index in [-0.39, 0.29) is 35.1 Å². The van der Waals surface area contributed by atoms with Crippen molar-refractivity contribution in [1.29, 1.82) is 0 Å². The van der Waals surface area contributed by atoms with Crippen LogP contribution in [0.2, 0.25) is 5.02 Å². The van der Waals surface area contributed by atoms with Gasteiger partial charge in [0.05, 0.1) is 17.5 Å². The maximum absolute atomic E-state index is 12.9. The van der Waals surface area contributed by atoms with Crippen LogP contribution < -0.4 is 9.64 Å². The average Bonchev–Trinajstić information content (AvgIpc) is 3.25. The summed E-state index contributed by atoms with van der Waals surface area (Å²) in [5, 5.41) is 2.14. The number of ether oxygens (including phenoxy) is 1. The van der Waals surface area contributed by atoms with Crippen LogP contribution in [0.1, 0.15) is 35.4 Å². The zero-order valence-corrected chi connectivity index (χ0v) is 15.4. The van der Waals surface area contributed by atoms with Crippen molar-refractivity contribution in [2.75, 3.05) is 4.90 Å². The summed E-state index contributed by atoms with van der Waals surface area (Å²) in [7, 11) is 0. The molecule has 134 valence electrons. The number of esters is 1. The van der Waals surface area contributed by atoms with Crippen molar-refractivity contribution in [3.05, 3.63) is 45.6 Å². The molecule has 0 N–H and O–H groups in total. The van der Waals surface area contributed by atoms with Gasteiger partial charge in [-0.25, -0.2) is 9.69 Å². The number of hydrogen-bond acceptors (Lipinski definition) is 5. The molecule has 1 aliphatic heterocycles. The molecule has 1 aliphatic carbocycles. The number of carbonyl (C=O) groups excluding carboxylic acids is 3. The van der Waals surface area contributed by atoms with Crippen LogP contribution >= 0.6 is 22.9 Å². The molecule has 0 radical (unpaired) electrons. The normalized spacial score (nSPS) is 22.4. The molecule has 0 unspecified atom stereocenters. The van der Waals surface area contributed by atoms with Crippen molar-refractivity contribution >= 4 is 46.4 Å². The van der Waals surface area contributed by atoms with E-state index in [9.17, 15) is 14.4 Å². The first-order valence-corrected chi connectivity index (χ1v) is 9.75. The molecule has 0 bridgehead atoms. The van der Waals surface area contributed by atoms with Gasteiger partial charge in [-0.3, -0.25) is 9.59 Å². The molecule has 2 heterocycles. The Balaban J connectivity index is 1.69. The van der Waals surface area contributed by atoms with E-state index in [2.05, 4.69) is 0 Å². The van der Waals surface area contributed by atoms with Crippen LogP contribution in [-0.2, 0) is 9.59 Å². The summed E-state index contributed by atoms with van der Waals surface area (Å²) in [5.41, 5.74) is 0.242. The van der Waals surface area contributed by atoms with Crippen LogP contribution in [0.15, 0.2) is 35.7 Å². The second kappa shape index (κ2) is 6.85. The van der Waals surface area contributed by atoms with Crippen LogP contribution in [0, 0.1) is 11.8 Å². The van der Waals surface area contributed by atoms with Crippen molar-refractivity contribution < 1.29 is 19.1 Å². The van der Waals surface area contributed by atoms with Gasteiger partial charge in [0, 0.05) is 5.02 Å². The first-order chi connectivity index (χ1) is 12.6. The highest BCUT2D eigenvalue weighted by atomic mass is 35.5. The summed E-state index contributed by atoms with van der Waals surface area (Å²) < 4.78 is 5.47. The predicted molar refractivity (Wildman–Crippen MR) is 98.7 cm³/mol. The fourth-order valence-corrected chi connectivity index (χ4v) is 4.46. The van der Waals surface area contributed by atoms with E-state index >= 15 is 0 Å². The minimum Gasteiger partial charge on any atom is -0.420 e. The van der Waals surface area contributed by atoms with Crippen molar-refractivity contribution in [2.45, 2.75) is 25.7 Å². The predicted octanol–water partition coefficient (Wildman–Crippen LogP) is 4.30. The molecule has 1 aromatic carbocycles. The summed E-state index contributed by atoms with van der Waals surface area (Å²) in [6.07, 6.45) is 3.33. The largest absolute Gasteiger partial charge is 0.420 e. The highest BCUT2D eigenvalue weighted by Crippen LogP contribution is 2.43. The molecule has 2 fully saturated rings. The monoisotopic (exact) mass is 389 g/mol. The molecular formula is C19H16ClNO4S. The number of thiophene rings is 1. The van der Waals surface area contributed by atoms with E-state index in [1.807, 2.05) is 0 Å². The van der Waals surface area contributed by atoms with Crippen LogP contribution in [0.4, 0.5) is 5.69 Å². The quantitative estimate of drug-likeness (QED) is 0.446. The van der Waals surface area contributed by atoms with E-state index in [1.165, 1.54) is 23.5 Å². The third kappa shape index (κ3) is 2.93. The van der Waals surface area contributed by atoms with E-state index < -0.39 is 5.97 Å². The smallest absolute Gasteiger partial charge is 0.353 e. The van der Waals surface area contributed by atoms with Gasteiger partial charge < -0.3 is 4.74 Å². The maximum Gasteiger partial charge on any atom is 0.353 e. The molecule has 1 aromatic heterocycles. The maximum atomic E-state index is 12.9. The number of amides is 2. The van der Waals surface area contributed by atoms with Crippen molar-refractivity contribution in [3.8, 4) is 5.75 Å². The molecule has 7 heteroatoms. The van der Waals surface area contributed by atoms with E-state index in [4.69, 9.17) is 16.3 Å². The number of halogens is 1. The van der Waals surface area contributed by atoms with Crippen molar-refractivity contribution in [2.24, 2.45) is 11.8 Å². The topological polar surface area (TPSA) is 63.7 Å². The SMILES string of the molecule is O=C(Oc1ccc(Cl)cc1N1C(=O)[C@H]2CCCC[C@H]2C1=O)c1cccs1. The number of anilines is 1. The van der Waals surface area contributed by atoms with Gasteiger partial charge in [-0.15, -0.1) is 11.3 Å². The summed E-state index contributed by atoms with van der Waals surface area (Å²) in [6.45, 7) is 0. The molecule has 2 aromatic rings. The summed E-state index contributed by atoms with van der Waals surface area (Å²) in [5.74, 6) is -1.38. The lowest BCUT2D eigenvalue weighted by molar-refractivity contribution is -0.122. The zero-order valence-electron chi connectivity index (χ0n) is 13.8. The Morgan fingerprint density at radius 2 is 1.81 bits per heavy atom. The van der Waals surface area contributed by atoms with Crippen LogP contribution in [0.5, 0.6) is 5.75 Å². The van der Waals surface area contributed by atoms with Gasteiger partial charge in [0.2, 0.25) is 11.8 Å². The third-order valence-corrected chi connectivity index (χ3v) is 6.01. The van der Waals surface area contributed by atoms with E-state index in [1.54, 1.807) is 23.6 Å². The molecule has 5 nitrogen and oxygen atoms in total. The Bertz CT molecular complexity index is 856. The molecule has 1 saturated heterocycles. The molecule has 2 aliphatic rings. The Morgan fingerprint density at radius 3 is 2.42 bits per heavy atom. The molecule has 1 saturated carbocycles. The van der Waals surface area contributed by atoms with Gasteiger partial charge in [0.25, 0.3) is 0 Å². The second-order valence-electron chi connectivity index (χ2n) is 6.49. The van der Waals surface area contributed by atoms with Gasteiger partial charge in [0.15, 0.2) is 5.75 Å². The van der Waals surface area contributed by atoms with Crippen molar-refractivity contribution in [3.63, 3.8) is 0 Å². The Hall–Kier alpha value is -2.18. The van der Waals surface area contributed by atoms with E-state index in [0.29, 0.717) is 9.90 Å². The first-order valence-electron chi connectivity index (χ1n) is 8.49. The number of benzene rings is 1. The van der Waals surface area contributed by atoms with Gasteiger partial charge >= 0.3 is 5.97 Å². The molecule has 0 spiro atoms. The molecule has 26 heavy (non-hydrogen) atoms. The summed E-state index contributed by atoms with van der Waals surface area (Å²) in [6, 6.07) is 8.00. The lowest BCUT2D eigenvalue weighted by atomic mass is 9.81. The number of rotatable bonds is 3. The molecular weight excluding hydrogens is 374 g/mol. The standard InChI is InChI=1S/C19H16ClNO4S/c20-11-7-8-15(25-19(24)16-6-3-9-26-16)14(10-11)21-17(22)12-4-1-2-5-13(12)18(21)23/h3,6-10,12-13H,1-2,4-5H2/t12-,13+. The fourth-order valence-electron chi connectivity index (χ4n) is 3.70. The number of carbonyl (C=O) groups is 3. The van der Waals surface area contributed by atoms with Crippen molar-refractivity contribution in [1.82, 2.24) is 0 Å². The Kier molecular flexibility index (Phi) is 4.54. The second-order valence-corrected chi connectivity index (χ2v) is 7.87. The van der Waals surface area contributed by atoms with Gasteiger partial charge in [-0.2, -0.15) is 0 Å². The third-order valence-electron chi connectivity index (χ3n) is 4.93. The minimum absolute atomic E-state index is 0.160. The fraction of sp³-hybridized carbons (Fsp3) is 0.316. The van der Waals surface area contributed by atoms with Crippen LogP contribution in [0.3, 0.4) is 0 Å². The van der Waals surface area contributed by atoms with Gasteiger partial charge in [-0.05, 0) is 42.5 Å². The minimum atomic E-state index is -0.528. The number of nitrogens with zero attached hydrogens (tertiary/aromatic N) is 1. The summed E-state index contributed by atoms with van der Waals surface area (Å²) >= 11 is 7.35.